The number of nitrogens with zero attached hydrogens (tertiary/aromatic N) is 4. The van der Waals surface area contributed by atoms with E-state index in [1.165, 1.54) is 6.20 Å². The fraction of sp³-hybridized carbons (Fsp3) is 0.462. The maximum Gasteiger partial charge on any atom is 0.425 e. The van der Waals surface area contributed by atoms with E-state index in [0.29, 0.717) is 30.9 Å². The second kappa shape index (κ2) is 9.28. The molecule has 3 aromatic rings. The Balaban J connectivity index is 1.95. The maximum atomic E-state index is 16.4. The molecule has 0 saturated heterocycles. The topological polar surface area (TPSA) is 86.5 Å². The van der Waals surface area contributed by atoms with Crippen molar-refractivity contribution < 1.29 is 23.5 Å². The normalized spacial score (nSPS) is 14.1. The first-order chi connectivity index (χ1) is 16.7. The van der Waals surface area contributed by atoms with Gasteiger partial charge in [0.2, 0.25) is 0 Å². The van der Waals surface area contributed by atoms with Crippen LogP contribution in [0.15, 0.2) is 24.5 Å². The molecule has 1 fully saturated rings. The van der Waals surface area contributed by atoms with Gasteiger partial charge < -0.3 is 9.47 Å². The van der Waals surface area contributed by atoms with E-state index in [1.807, 2.05) is 7.05 Å². The van der Waals surface area contributed by atoms with Gasteiger partial charge >= 0.3 is 12.2 Å². The van der Waals surface area contributed by atoms with Crippen molar-refractivity contribution >= 4 is 51.4 Å². The summed E-state index contributed by atoms with van der Waals surface area (Å²) < 4.78 is 29.9. The Bertz CT molecular complexity index is 1320. The van der Waals surface area contributed by atoms with Gasteiger partial charge in [-0.25, -0.2) is 19.0 Å². The van der Waals surface area contributed by atoms with Crippen LogP contribution < -0.4 is 4.90 Å². The van der Waals surface area contributed by atoms with Gasteiger partial charge in [0, 0.05) is 44.9 Å². The van der Waals surface area contributed by atoms with Gasteiger partial charge in [-0.3, -0.25) is 4.68 Å². The summed E-state index contributed by atoms with van der Waals surface area (Å²) in [7, 11) is 1.85. The number of fused-ring (bicyclic) bond motifs is 1. The Hall–Kier alpha value is -2.76. The van der Waals surface area contributed by atoms with Crippen molar-refractivity contribution in [1.29, 1.82) is 0 Å². The predicted molar refractivity (Wildman–Crippen MR) is 144 cm³/mol. The lowest BCUT2D eigenvalue weighted by Crippen LogP contribution is -2.44. The molecular weight excluding hydrogens is 578 g/mol. The largest absolute Gasteiger partial charge is 0.443 e. The molecule has 1 aromatic carbocycles. The van der Waals surface area contributed by atoms with E-state index >= 15 is 4.39 Å². The first kappa shape index (κ1) is 26.3. The summed E-state index contributed by atoms with van der Waals surface area (Å²) in [6.45, 7) is 10.1. The number of anilines is 1. The third-order valence-corrected chi connectivity index (χ3v) is 6.39. The van der Waals surface area contributed by atoms with Gasteiger partial charge in [-0.15, -0.1) is 0 Å². The molecule has 0 atom stereocenters. The second-order valence-corrected chi connectivity index (χ2v) is 12.1. The van der Waals surface area contributed by atoms with Crippen LogP contribution in [0.3, 0.4) is 0 Å². The third kappa shape index (κ3) is 5.33. The maximum absolute atomic E-state index is 16.4. The third-order valence-electron chi connectivity index (χ3n) is 5.53. The standard InChI is InChI=1S/C26H30FIN4O4/c1-25(2,3)35-23(33)32(24(34)36-26(4,5)6)22-19-16(18(28)13-29-22)11-10-15(20(19)27)17-12-30-31(7)21(17)14-8-9-14/h10-14H,8-9H2,1-7H3. The zero-order chi connectivity index (χ0) is 26.6. The zero-order valence-corrected chi connectivity index (χ0v) is 23.6. The van der Waals surface area contributed by atoms with Gasteiger partial charge in [-0.2, -0.15) is 10.00 Å². The number of hydrogen-bond acceptors (Lipinski definition) is 6. The van der Waals surface area contributed by atoms with Crippen molar-refractivity contribution in [3.63, 3.8) is 0 Å². The highest BCUT2D eigenvalue weighted by atomic mass is 127. The highest BCUT2D eigenvalue weighted by Crippen LogP contribution is 2.46. The first-order valence-corrected chi connectivity index (χ1v) is 12.8. The van der Waals surface area contributed by atoms with E-state index in [4.69, 9.17) is 9.47 Å². The van der Waals surface area contributed by atoms with Crippen molar-refractivity contribution in [3.8, 4) is 11.1 Å². The number of amides is 2. The van der Waals surface area contributed by atoms with Crippen LogP contribution in [0.2, 0.25) is 0 Å². The molecule has 2 heterocycles. The molecule has 10 heteroatoms. The lowest BCUT2D eigenvalue weighted by molar-refractivity contribution is 0.0429. The van der Waals surface area contributed by atoms with Crippen LogP contribution in [-0.4, -0.2) is 38.2 Å². The van der Waals surface area contributed by atoms with E-state index in [2.05, 4.69) is 32.7 Å². The van der Waals surface area contributed by atoms with Crippen LogP contribution in [0.4, 0.5) is 19.8 Å². The highest BCUT2D eigenvalue weighted by molar-refractivity contribution is 14.1. The smallest absolute Gasteiger partial charge is 0.425 e. The molecule has 1 aliphatic rings. The van der Waals surface area contributed by atoms with E-state index < -0.39 is 29.2 Å². The molecule has 0 unspecified atom stereocenters. The van der Waals surface area contributed by atoms with E-state index in [1.54, 1.807) is 64.6 Å². The average molecular weight is 608 g/mol. The Morgan fingerprint density at radius 1 is 1.03 bits per heavy atom. The molecule has 1 saturated carbocycles. The van der Waals surface area contributed by atoms with E-state index in [0.717, 1.165) is 18.5 Å². The molecule has 0 aliphatic heterocycles. The summed E-state index contributed by atoms with van der Waals surface area (Å²) in [6.07, 6.45) is 3.18. The van der Waals surface area contributed by atoms with Gasteiger partial charge in [0.25, 0.3) is 0 Å². The second-order valence-electron chi connectivity index (χ2n) is 10.9. The van der Waals surface area contributed by atoms with E-state index in [9.17, 15) is 9.59 Å². The first-order valence-electron chi connectivity index (χ1n) is 11.7. The van der Waals surface area contributed by atoms with Crippen LogP contribution >= 0.6 is 22.6 Å². The van der Waals surface area contributed by atoms with Gasteiger partial charge in [0.1, 0.15) is 17.0 Å². The number of pyridine rings is 1. The number of carbonyl (C=O) groups excluding carboxylic acids is 2. The van der Waals surface area contributed by atoms with Crippen molar-refractivity contribution in [3.05, 3.63) is 39.6 Å². The molecule has 0 N–H and O–H groups in total. The van der Waals surface area contributed by atoms with Crippen molar-refractivity contribution in [1.82, 2.24) is 14.8 Å². The minimum atomic E-state index is -1.00. The lowest BCUT2D eigenvalue weighted by Gasteiger charge is -2.28. The molecule has 36 heavy (non-hydrogen) atoms. The predicted octanol–water partition coefficient (Wildman–Crippen LogP) is 6.93. The van der Waals surface area contributed by atoms with Crippen LogP contribution in [0.25, 0.3) is 21.9 Å². The number of ether oxygens (including phenoxy) is 2. The van der Waals surface area contributed by atoms with Gasteiger partial charge in [-0.05, 0) is 77.0 Å². The lowest BCUT2D eigenvalue weighted by atomic mass is 9.99. The molecule has 0 bridgehead atoms. The number of rotatable bonds is 3. The summed E-state index contributed by atoms with van der Waals surface area (Å²) >= 11 is 2.06. The Labute approximate surface area is 223 Å². The van der Waals surface area contributed by atoms with Gasteiger partial charge in [0.15, 0.2) is 5.82 Å². The van der Waals surface area contributed by atoms with Gasteiger partial charge in [0.05, 0.1) is 11.6 Å². The van der Waals surface area contributed by atoms with Gasteiger partial charge in [-0.1, -0.05) is 12.1 Å². The Kier molecular flexibility index (Phi) is 6.78. The average Bonchev–Trinajstić information content (AvgIpc) is 3.49. The van der Waals surface area contributed by atoms with Crippen LogP contribution in [0.5, 0.6) is 0 Å². The van der Waals surface area contributed by atoms with Crippen molar-refractivity contribution in [2.75, 3.05) is 4.90 Å². The molecule has 1 aliphatic carbocycles. The monoisotopic (exact) mass is 608 g/mol. The van der Waals surface area contributed by atoms with Crippen LogP contribution in [-0.2, 0) is 16.5 Å². The minimum Gasteiger partial charge on any atom is -0.443 e. The summed E-state index contributed by atoms with van der Waals surface area (Å²) in [4.78, 5) is 31.5. The molecule has 8 nitrogen and oxygen atoms in total. The number of benzene rings is 1. The fourth-order valence-corrected chi connectivity index (χ4v) is 4.57. The van der Waals surface area contributed by atoms with Crippen LogP contribution in [0, 0.1) is 9.39 Å². The molecular formula is C26H30FIN4O4. The number of aryl methyl sites for hydroxylation is 1. The number of aromatic nitrogens is 3. The SMILES string of the molecule is Cn1ncc(-c2ccc3c(I)cnc(N(C(=O)OC(C)(C)C)C(=O)OC(C)(C)C)c3c2F)c1C1CC1. The number of carbonyl (C=O) groups is 2. The van der Waals surface area contributed by atoms with Crippen LogP contribution in [0.1, 0.15) is 66.0 Å². The molecule has 4 rings (SSSR count). The number of hydrogen-bond donors (Lipinski definition) is 0. The highest BCUT2D eigenvalue weighted by Gasteiger charge is 2.36. The molecule has 2 amide bonds. The summed E-state index contributed by atoms with van der Waals surface area (Å²) in [5.74, 6) is -0.457. The summed E-state index contributed by atoms with van der Waals surface area (Å²) in [5, 5.41) is 4.90. The summed E-state index contributed by atoms with van der Waals surface area (Å²) in [5.41, 5.74) is 0.162. The Morgan fingerprint density at radius 2 is 1.61 bits per heavy atom. The van der Waals surface area contributed by atoms with Crippen molar-refractivity contribution in [2.45, 2.75) is 71.5 Å². The molecule has 2 aromatic heterocycles. The quantitative estimate of drug-likeness (QED) is 0.300. The fourth-order valence-electron chi connectivity index (χ4n) is 3.98. The minimum absolute atomic E-state index is 0.0294. The Morgan fingerprint density at radius 3 is 2.14 bits per heavy atom. The summed E-state index contributed by atoms with van der Waals surface area (Å²) in [6, 6.07) is 3.48. The number of imide groups is 1. The zero-order valence-electron chi connectivity index (χ0n) is 21.5. The molecule has 0 spiro atoms. The van der Waals surface area contributed by atoms with E-state index in [-0.39, 0.29) is 11.2 Å². The molecule has 192 valence electrons. The van der Waals surface area contributed by atoms with Crippen molar-refractivity contribution in [2.24, 2.45) is 7.05 Å². The molecule has 0 radical (unpaired) electrons. The number of halogens is 2.